The molecule has 0 aliphatic carbocycles. The Morgan fingerprint density at radius 3 is 2.68 bits per heavy atom. The molecule has 28 heavy (non-hydrogen) atoms. The van der Waals surface area contributed by atoms with Crippen molar-refractivity contribution in [2.75, 3.05) is 16.8 Å². The molecule has 0 unspecified atom stereocenters. The van der Waals surface area contributed by atoms with Gasteiger partial charge < -0.3 is 11.1 Å². The second kappa shape index (κ2) is 8.71. The van der Waals surface area contributed by atoms with Gasteiger partial charge in [0.1, 0.15) is 0 Å². The summed E-state index contributed by atoms with van der Waals surface area (Å²) < 4.78 is 0. The number of carbonyl (C=O) groups is 1. The first-order chi connectivity index (χ1) is 13.5. The van der Waals surface area contributed by atoms with E-state index < -0.39 is 5.56 Å². The van der Waals surface area contributed by atoms with Crippen molar-refractivity contribution in [1.29, 1.82) is 0 Å². The zero-order chi connectivity index (χ0) is 20.1. The molecule has 7 nitrogen and oxygen atoms in total. The highest BCUT2D eigenvalue weighted by Crippen LogP contribution is 2.23. The number of benzene rings is 2. The number of nitrogens with zero attached hydrogens (tertiary/aromatic N) is 2. The molecule has 144 valence electrons. The van der Waals surface area contributed by atoms with Crippen LogP contribution in [0.3, 0.4) is 0 Å². The van der Waals surface area contributed by atoms with Crippen molar-refractivity contribution in [2.45, 2.75) is 25.4 Å². The lowest BCUT2D eigenvalue weighted by molar-refractivity contribution is -0.113. The minimum atomic E-state index is -0.400. The third-order valence-electron chi connectivity index (χ3n) is 4.24. The summed E-state index contributed by atoms with van der Waals surface area (Å²) in [4.78, 5) is 27.3. The van der Waals surface area contributed by atoms with E-state index in [4.69, 9.17) is 5.73 Å². The number of aryl methyl sites for hydroxylation is 2. The molecule has 1 heterocycles. The monoisotopic (exact) mass is 395 g/mol. The SMILES string of the molecule is CCc1cccc(C)c1NC(=O)CSc1nnc(-c2ccccc2N)c(=O)[nH]1. The molecule has 2 aromatic carbocycles. The van der Waals surface area contributed by atoms with Gasteiger partial charge in [-0.25, -0.2) is 0 Å². The molecule has 0 aliphatic heterocycles. The van der Waals surface area contributed by atoms with Crippen molar-refractivity contribution in [3.63, 3.8) is 0 Å². The van der Waals surface area contributed by atoms with E-state index in [9.17, 15) is 9.59 Å². The van der Waals surface area contributed by atoms with Gasteiger partial charge in [0, 0.05) is 16.9 Å². The Morgan fingerprint density at radius 1 is 1.18 bits per heavy atom. The zero-order valence-corrected chi connectivity index (χ0v) is 16.5. The fraction of sp³-hybridized carbons (Fsp3) is 0.200. The van der Waals surface area contributed by atoms with Gasteiger partial charge in [0.2, 0.25) is 5.91 Å². The van der Waals surface area contributed by atoms with E-state index in [1.807, 2.05) is 32.0 Å². The Bertz CT molecular complexity index is 1060. The number of nitrogens with two attached hydrogens (primary N) is 1. The number of thioether (sulfide) groups is 1. The standard InChI is InChI=1S/C20H21N5O2S/c1-3-13-8-6-7-12(2)17(13)22-16(26)11-28-20-23-19(27)18(24-25-20)14-9-4-5-10-15(14)21/h4-10H,3,11,21H2,1-2H3,(H,22,26)(H,23,25,27). The maximum absolute atomic E-state index is 12.3. The molecule has 4 N–H and O–H groups in total. The van der Waals surface area contributed by atoms with Crippen LogP contribution < -0.4 is 16.6 Å². The number of aromatic amines is 1. The smallest absolute Gasteiger partial charge is 0.278 e. The number of aromatic nitrogens is 3. The Balaban J connectivity index is 1.69. The van der Waals surface area contributed by atoms with Crippen molar-refractivity contribution in [1.82, 2.24) is 15.2 Å². The van der Waals surface area contributed by atoms with Crippen LogP contribution in [0, 0.1) is 6.92 Å². The quantitative estimate of drug-likeness (QED) is 0.437. The number of rotatable bonds is 6. The maximum atomic E-state index is 12.3. The van der Waals surface area contributed by atoms with Crippen LogP contribution in [-0.4, -0.2) is 26.8 Å². The Morgan fingerprint density at radius 2 is 1.96 bits per heavy atom. The highest BCUT2D eigenvalue weighted by atomic mass is 32.2. The molecule has 3 rings (SSSR count). The molecule has 0 spiro atoms. The van der Waals surface area contributed by atoms with E-state index in [0.717, 1.165) is 35.0 Å². The highest BCUT2D eigenvalue weighted by molar-refractivity contribution is 7.99. The van der Waals surface area contributed by atoms with Gasteiger partial charge >= 0.3 is 0 Å². The van der Waals surface area contributed by atoms with E-state index in [-0.39, 0.29) is 22.5 Å². The van der Waals surface area contributed by atoms with Crippen molar-refractivity contribution in [2.24, 2.45) is 0 Å². The summed E-state index contributed by atoms with van der Waals surface area (Å²) >= 11 is 1.12. The van der Waals surface area contributed by atoms with Crippen molar-refractivity contribution in [3.05, 3.63) is 63.9 Å². The van der Waals surface area contributed by atoms with Crippen LogP contribution in [0.4, 0.5) is 11.4 Å². The van der Waals surface area contributed by atoms with Gasteiger partial charge in [-0.15, -0.1) is 10.2 Å². The molecular weight excluding hydrogens is 374 g/mol. The number of anilines is 2. The van der Waals surface area contributed by atoms with E-state index in [1.165, 1.54) is 0 Å². The summed E-state index contributed by atoms with van der Waals surface area (Å²) in [6.45, 7) is 4.00. The Kier molecular flexibility index (Phi) is 6.10. The number of carbonyl (C=O) groups excluding carboxylic acids is 1. The molecule has 0 radical (unpaired) electrons. The van der Waals surface area contributed by atoms with Gasteiger partial charge in [0.25, 0.3) is 5.56 Å². The lowest BCUT2D eigenvalue weighted by atomic mass is 10.1. The second-order valence-electron chi connectivity index (χ2n) is 6.19. The maximum Gasteiger partial charge on any atom is 0.278 e. The number of nitrogen functional groups attached to an aromatic ring is 1. The van der Waals surface area contributed by atoms with E-state index >= 15 is 0 Å². The number of hydrogen-bond donors (Lipinski definition) is 3. The summed E-state index contributed by atoms with van der Waals surface area (Å²) in [6.07, 6.45) is 0.827. The van der Waals surface area contributed by atoms with Gasteiger partial charge in [-0.3, -0.25) is 14.6 Å². The minimum absolute atomic E-state index is 0.106. The Hall–Kier alpha value is -3.13. The van der Waals surface area contributed by atoms with E-state index in [0.29, 0.717) is 11.3 Å². The van der Waals surface area contributed by atoms with Gasteiger partial charge in [0.15, 0.2) is 10.9 Å². The number of amides is 1. The first kappa shape index (κ1) is 19.6. The number of para-hydroxylation sites is 2. The van der Waals surface area contributed by atoms with Crippen molar-refractivity contribution in [3.8, 4) is 11.3 Å². The third-order valence-corrected chi connectivity index (χ3v) is 5.10. The first-order valence-electron chi connectivity index (χ1n) is 8.82. The molecule has 0 saturated carbocycles. The Labute approximate surface area is 166 Å². The average molecular weight is 395 g/mol. The summed E-state index contributed by atoms with van der Waals surface area (Å²) in [5.41, 5.74) is 9.54. The van der Waals surface area contributed by atoms with Crippen LogP contribution in [0.15, 0.2) is 52.4 Å². The fourth-order valence-electron chi connectivity index (χ4n) is 2.79. The topological polar surface area (TPSA) is 114 Å². The molecule has 1 amide bonds. The van der Waals surface area contributed by atoms with Crippen LogP contribution >= 0.6 is 11.8 Å². The highest BCUT2D eigenvalue weighted by Gasteiger charge is 2.13. The summed E-state index contributed by atoms with van der Waals surface area (Å²) in [5.74, 6) is -0.0670. The number of nitrogens with one attached hydrogen (secondary N) is 2. The molecule has 8 heteroatoms. The van der Waals surface area contributed by atoms with Gasteiger partial charge in [-0.05, 0) is 30.5 Å². The molecule has 3 aromatic rings. The van der Waals surface area contributed by atoms with Crippen LogP contribution in [0.2, 0.25) is 0 Å². The van der Waals surface area contributed by atoms with Crippen LogP contribution in [-0.2, 0) is 11.2 Å². The van der Waals surface area contributed by atoms with Gasteiger partial charge in [-0.2, -0.15) is 0 Å². The third kappa shape index (κ3) is 4.40. The summed E-state index contributed by atoms with van der Waals surface area (Å²) in [7, 11) is 0. The number of H-pyrrole nitrogens is 1. The van der Waals surface area contributed by atoms with Crippen LogP contribution in [0.5, 0.6) is 0 Å². The summed E-state index contributed by atoms with van der Waals surface area (Å²) in [6, 6.07) is 12.9. The van der Waals surface area contributed by atoms with E-state index in [1.54, 1.807) is 24.3 Å². The van der Waals surface area contributed by atoms with Crippen LogP contribution in [0.1, 0.15) is 18.1 Å². The lowest BCUT2D eigenvalue weighted by Crippen LogP contribution is -2.18. The normalized spacial score (nSPS) is 10.6. The minimum Gasteiger partial charge on any atom is -0.398 e. The molecular formula is C20H21N5O2S. The van der Waals surface area contributed by atoms with Crippen LogP contribution in [0.25, 0.3) is 11.3 Å². The molecule has 0 aliphatic rings. The largest absolute Gasteiger partial charge is 0.398 e. The van der Waals surface area contributed by atoms with Gasteiger partial charge in [0.05, 0.1) is 5.75 Å². The predicted molar refractivity (Wildman–Crippen MR) is 112 cm³/mol. The molecule has 0 bridgehead atoms. The predicted octanol–water partition coefficient (Wildman–Crippen LogP) is 3.02. The molecule has 0 atom stereocenters. The molecule has 1 aromatic heterocycles. The average Bonchev–Trinajstić information content (AvgIpc) is 2.69. The number of hydrogen-bond acceptors (Lipinski definition) is 6. The molecule has 0 fully saturated rings. The molecule has 0 saturated heterocycles. The second-order valence-corrected chi connectivity index (χ2v) is 7.16. The van der Waals surface area contributed by atoms with E-state index in [2.05, 4.69) is 20.5 Å². The fourth-order valence-corrected chi connectivity index (χ4v) is 3.39. The zero-order valence-electron chi connectivity index (χ0n) is 15.7. The first-order valence-corrected chi connectivity index (χ1v) is 9.81. The van der Waals surface area contributed by atoms with Crippen molar-refractivity contribution < 1.29 is 4.79 Å². The lowest BCUT2D eigenvalue weighted by Gasteiger charge is -2.12. The van der Waals surface area contributed by atoms with Gasteiger partial charge in [-0.1, -0.05) is 55.1 Å². The van der Waals surface area contributed by atoms with Crippen molar-refractivity contribution >= 4 is 29.0 Å². The summed E-state index contributed by atoms with van der Waals surface area (Å²) in [5, 5.41) is 11.2.